The highest BCUT2D eigenvalue weighted by molar-refractivity contribution is 5.95. The average Bonchev–Trinajstić information content (AvgIpc) is 3.17. The molecule has 2 heterocycles. The minimum atomic E-state index is -0.0448. The molecule has 1 aromatic rings. The molecule has 0 bridgehead atoms. The average molecular weight is 318 g/mol. The van der Waals surface area contributed by atoms with E-state index in [-0.39, 0.29) is 18.1 Å². The van der Waals surface area contributed by atoms with Gasteiger partial charge < -0.3 is 14.8 Å². The van der Waals surface area contributed by atoms with Crippen LogP contribution >= 0.6 is 0 Å². The zero-order valence-corrected chi connectivity index (χ0v) is 14.0. The van der Waals surface area contributed by atoms with Gasteiger partial charge in [-0.1, -0.05) is 0 Å². The van der Waals surface area contributed by atoms with Crippen molar-refractivity contribution in [2.24, 2.45) is 0 Å². The molecule has 0 spiro atoms. The summed E-state index contributed by atoms with van der Waals surface area (Å²) in [5.74, 6) is 0.872. The predicted molar refractivity (Wildman–Crippen MR) is 89.8 cm³/mol. The number of amides is 1. The van der Waals surface area contributed by atoms with Gasteiger partial charge in [-0.05, 0) is 63.4 Å². The maximum absolute atomic E-state index is 12.6. The van der Waals surface area contributed by atoms with E-state index in [0.29, 0.717) is 6.10 Å². The number of likely N-dealkylation sites (tertiary alicyclic amines) is 1. The van der Waals surface area contributed by atoms with E-state index in [4.69, 9.17) is 9.47 Å². The quantitative estimate of drug-likeness (QED) is 0.907. The highest BCUT2D eigenvalue weighted by Gasteiger charge is 2.34. The first-order valence-corrected chi connectivity index (χ1v) is 8.50. The van der Waals surface area contributed by atoms with Gasteiger partial charge in [0.2, 0.25) is 5.91 Å². The van der Waals surface area contributed by atoms with Crippen LogP contribution in [0, 0.1) is 0 Å². The summed E-state index contributed by atoms with van der Waals surface area (Å²) in [5, 5.41) is 3.02. The highest BCUT2D eigenvalue weighted by atomic mass is 16.5. The van der Waals surface area contributed by atoms with Crippen LogP contribution in [0.25, 0.3) is 0 Å². The van der Waals surface area contributed by atoms with E-state index in [1.54, 1.807) is 7.11 Å². The lowest BCUT2D eigenvalue weighted by Gasteiger charge is -2.26. The Hall–Kier alpha value is -1.59. The third-order valence-electron chi connectivity index (χ3n) is 4.78. The number of anilines is 1. The van der Waals surface area contributed by atoms with E-state index in [2.05, 4.69) is 17.1 Å². The Morgan fingerprint density at radius 2 is 2.09 bits per heavy atom. The zero-order valence-electron chi connectivity index (χ0n) is 14.0. The molecule has 2 fully saturated rings. The molecule has 0 aliphatic carbocycles. The van der Waals surface area contributed by atoms with Crippen LogP contribution in [0.4, 0.5) is 5.69 Å². The van der Waals surface area contributed by atoms with Gasteiger partial charge in [0.1, 0.15) is 5.75 Å². The maximum atomic E-state index is 12.6. The topological polar surface area (TPSA) is 50.8 Å². The molecule has 0 radical (unpaired) electrons. The zero-order chi connectivity index (χ0) is 16.2. The van der Waals surface area contributed by atoms with Gasteiger partial charge in [0.25, 0.3) is 0 Å². The summed E-state index contributed by atoms with van der Waals surface area (Å²) in [7, 11) is 1.63. The van der Waals surface area contributed by atoms with Crippen LogP contribution in [0.5, 0.6) is 5.75 Å². The fraction of sp³-hybridized carbons (Fsp3) is 0.611. The van der Waals surface area contributed by atoms with Crippen LogP contribution in [0.1, 0.15) is 32.6 Å². The lowest BCUT2D eigenvalue weighted by atomic mass is 10.1. The van der Waals surface area contributed by atoms with Crippen molar-refractivity contribution >= 4 is 11.6 Å². The normalized spacial score (nSPS) is 28.0. The first-order chi connectivity index (χ1) is 11.2. The molecule has 126 valence electrons. The molecule has 3 atom stereocenters. The Morgan fingerprint density at radius 1 is 1.30 bits per heavy atom. The Bertz CT molecular complexity index is 532. The van der Waals surface area contributed by atoms with E-state index in [1.807, 2.05) is 24.3 Å². The van der Waals surface area contributed by atoms with Gasteiger partial charge in [-0.2, -0.15) is 0 Å². The molecule has 3 rings (SSSR count). The van der Waals surface area contributed by atoms with Crippen LogP contribution in [0.3, 0.4) is 0 Å². The molecule has 5 nitrogen and oxygen atoms in total. The largest absolute Gasteiger partial charge is 0.497 e. The number of hydrogen-bond acceptors (Lipinski definition) is 4. The van der Waals surface area contributed by atoms with Crippen LogP contribution in [0.15, 0.2) is 24.3 Å². The second kappa shape index (κ2) is 7.32. The minimum Gasteiger partial charge on any atom is -0.497 e. The molecule has 1 aromatic carbocycles. The first kappa shape index (κ1) is 16.3. The molecule has 5 heteroatoms. The third kappa shape index (κ3) is 4.03. The van der Waals surface area contributed by atoms with Gasteiger partial charge in [0.15, 0.2) is 0 Å². The van der Waals surface area contributed by atoms with Crippen molar-refractivity contribution < 1.29 is 14.3 Å². The van der Waals surface area contributed by atoms with E-state index in [0.717, 1.165) is 50.2 Å². The Labute approximate surface area is 137 Å². The van der Waals surface area contributed by atoms with E-state index < -0.39 is 0 Å². The number of methoxy groups -OCH3 is 1. The van der Waals surface area contributed by atoms with Crippen LogP contribution in [-0.4, -0.2) is 49.3 Å². The number of nitrogens with zero attached hydrogens (tertiary/aromatic N) is 1. The number of ether oxygens (including phenoxy) is 2. The Kier molecular flexibility index (Phi) is 5.18. The summed E-state index contributed by atoms with van der Waals surface area (Å²) in [6.07, 6.45) is 4.85. The minimum absolute atomic E-state index is 0.0448. The number of rotatable bonds is 5. The molecule has 2 saturated heterocycles. The second-order valence-electron chi connectivity index (χ2n) is 6.52. The van der Waals surface area contributed by atoms with Crippen molar-refractivity contribution in [2.75, 3.05) is 25.5 Å². The summed E-state index contributed by atoms with van der Waals surface area (Å²) in [6.45, 7) is 3.97. The molecule has 1 N–H and O–H groups in total. The van der Waals surface area contributed by atoms with Gasteiger partial charge in [-0.25, -0.2) is 0 Å². The number of nitrogens with one attached hydrogen (secondary N) is 1. The van der Waals surface area contributed by atoms with E-state index >= 15 is 0 Å². The number of hydrogen-bond donors (Lipinski definition) is 1. The molecule has 0 unspecified atom stereocenters. The van der Waals surface area contributed by atoms with Crippen molar-refractivity contribution in [3.8, 4) is 5.75 Å². The monoisotopic (exact) mass is 318 g/mol. The third-order valence-corrected chi connectivity index (χ3v) is 4.78. The maximum Gasteiger partial charge on any atom is 0.241 e. The van der Waals surface area contributed by atoms with Gasteiger partial charge in [-0.3, -0.25) is 9.69 Å². The lowest BCUT2D eigenvalue weighted by Crippen LogP contribution is -2.43. The number of benzene rings is 1. The first-order valence-electron chi connectivity index (χ1n) is 8.50. The molecule has 1 amide bonds. The SMILES string of the molecule is COc1ccc(NC(=O)[C@@H]2CCCN2C[C@@H]2CC[C@H](C)O2)cc1. The fourth-order valence-corrected chi connectivity index (χ4v) is 3.52. The van der Waals surface area contributed by atoms with Gasteiger partial charge in [-0.15, -0.1) is 0 Å². The molecular weight excluding hydrogens is 292 g/mol. The number of carbonyl (C=O) groups excluding carboxylic acids is 1. The van der Waals surface area contributed by atoms with Gasteiger partial charge in [0.05, 0.1) is 25.4 Å². The summed E-state index contributed by atoms with van der Waals surface area (Å²) < 4.78 is 11.0. The summed E-state index contributed by atoms with van der Waals surface area (Å²) in [5.41, 5.74) is 0.813. The van der Waals surface area contributed by atoms with Crippen molar-refractivity contribution in [2.45, 2.75) is 50.9 Å². The summed E-state index contributed by atoms with van der Waals surface area (Å²) in [6, 6.07) is 7.41. The van der Waals surface area contributed by atoms with Crippen LogP contribution < -0.4 is 10.1 Å². The number of carbonyl (C=O) groups is 1. The molecule has 0 aromatic heterocycles. The molecule has 2 aliphatic rings. The van der Waals surface area contributed by atoms with Crippen molar-refractivity contribution in [3.05, 3.63) is 24.3 Å². The molecule has 23 heavy (non-hydrogen) atoms. The van der Waals surface area contributed by atoms with Crippen molar-refractivity contribution in [1.29, 1.82) is 0 Å². The Balaban J connectivity index is 1.56. The van der Waals surface area contributed by atoms with Crippen molar-refractivity contribution in [1.82, 2.24) is 4.90 Å². The van der Waals surface area contributed by atoms with Gasteiger partial charge >= 0.3 is 0 Å². The van der Waals surface area contributed by atoms with Gasteiger partial charge in [0, 0.05) is 12.2 Å². The standard InChI is InChI=1S/C18H26N2O3/c1-13-5-8-16(23-13)12-20-11-3-4-17(20)18(21)19-14-6-9-15(22-2)10-7-14/h6-7,9-10,13,16-17H,3-5,8,11-12H2,1-2H3,(H,19,21)/t13-,16-,17-/m0/s1. The molecule has 0 saturated carbocycles. The molecule has 2 aliphatic heterocycles. The second-order valence-corrected chi connectivity index (χ2v) is 6.52. The summed E-state index contributed by atoms with van der Waals surface area (Å²) >= 11 is 0. The Morgan fingerprint density at radius 3 is 2.74 bits per heavy atom. The van der Waals surface area contributed by atoms with Crippen molar-refractivity contribution in [3.63, 3.8) is 0 Å². The smallest absolute Gasteiger partial charge is 0.241 e. The van der Waals surface area contributed by atoms with Crippen LogP contribution in [-0.2, 0) is 9.53 Å². The van der Waals surface area contributed by atoms with E-state index in [1.165, 1.54) is 0 Å². The summed E-state index contributed by atoms with van der Waals surface area (Å²) in [4.78, 5) is 14.9. The molecular formula is C18H26N2O3. The highest BCUT2D eigenvalue weighted by Crippen LogP contribution is 2.25. The van der Waals surface area contributed by atoms with Crippen LogP contribution in [0.2, 0.25) is 0 Å². The van der Waals surface area contributed by atoms with E-state index in [9.17, 15) is 4.79 Å². The fourth-order valence-electron chi connectivity index (χ4n) is 3.52. The lowest BCUT2D eigenvalue weighted by molar-refractivity contribution is -0.120. The predicted octanol–water partition coefficient (Wildman–Crippen LogP) is 2.67.